The lowest BCUT2D eigenvalue weighted by Crippen LogP contribution is -2.42. The van der Waals surface area contributed by atoms with E-state index in [9.17, 15) is 8.42 Å². The van der Waals surface area contributed by atoms with Crippen LogP contribution < -0.4 is 10.6 Å². The van der Waals surface area contributed by atoms with E-state index in [4.69, 9.17) is 0 Å². The van der Waals surface area contributed by atoms with Crippen LogP contribution in [0.5, 0.6) is 0 Å². The fourth-order valence-corrected chi connectivity index (χ4v) is 3.16. The van der Waals surface area contributed by atoms with Gasteiger partial charge in [0, 0.05) is 37.5 Å². The number of rotatable bonds is 6. The summed E-state index contributed by atoms with van der Waals surface area (Å²) in [6, 6.07) is 10.0. The molecule has 1 heterocycles. The Morgan fingerprint density at radius 1 is 1.28 bits per heavy atom. The van der Waals surface area contributed by atoms with Gasteiger partial charge < -0.3 is 10.6 Å². The number of fused-ring (bicyclic) bond motifs is 1. The first-order valence-corrected chi connectivity index (χ1v) is 9.92. The second kappa shape index (κ2) is 9.91. The van der Waals surface area contributed by atoms with Crippen molar-refractivity contribution in [1.82, 2.24) is 15.6 Å². The molecule has 0 amide bonds. The highest BCUT2D eigenvalue weighted by Crippen LogP contribution is 2.15. The molecule has 0 radical (unpaired) electrons. The van der Waals surface area contributed by atoms with Crippen LogP contribution >= 0.6 is 24.0 Å². The summed E-state index contributed by atoms with van der Waals surface area (Å²) in [5.74, 6) is 0.801. The predicted octanol–water partition coefficient (Wildman–Crippen LogP) is 2.34. The zero-order valence-electron chi connectivity index (χ0n) is 14.7. The van der Waals surface area contributed by atoms with Gasteiger partial charge in [0.1, 0.15) is 9.84 Å². The number of halogens is 1. The van der Waals surface area contributed by atoms with E-state index in [-0.39, 0.29) is 35.8 Å². The number of aromatic nitrogens is 1. The minimum absolute atomic E-state index is 0. The molecule has 0 saturated carbocycles. The molecule has 0 aliphatic rings. The largest absolute Gasteiger partial charge is 0.354 e. The fourth-order valence-electron chi connectivity index (χ4n) is 2.38. The van der Waals surface area contributed by atoms with Crippen LogP contribution in [0.4, 0.5) is 0 Å². The Hall–Kier alpha value is -1.42. The highest BCUT2D eigenvalue weighted by molar-refractivity contribution is 14.0. The summed E-state index contributed by atoms with van der Waals surface area (Å²) in [6.07, 6.45) is 3.57. The molecule has 0 aliphatic heterocycles. The molecule has 2 N–H and O–H groups in total. The molecular formula is C17H25IN4O2S. The van der Waals surface area contributed by atoms with E-state index < -0.39 is 9.84 Å². The van der Waals surface area contributed by atoms with Crippen molar-refractivity contribution in [3.05, 3.63) is 42.1 Å². The molecular weight excluding hydrogens is 451 g/mol. The number of nitrogens with one attached hydrogen (secondary N) is 2. The number of hydrogen-bond acceptors (Lipinski definition) is 4. The van der Waals surface area contributed by atoms with Crippen LogP contribution in [-0.2, 0) is 16.4 Å². The molecule has 1 aromatic carbocycles. The zero-order valence-corrected chi connectivity index (χ0v) is 17.8. The van der Waals surface area contributed by atoms with E-state index >= 15 is 0 Å². The first kappa shape index (κ1) is 21.6. The number of para-hydroxylation sites is 1. The van der Waals surface area contributed by atoms with E-state index in [1.165, 1.54) is 6.26 Å². The number of benzene rings is 1. The Bertz CT molecular complexity index is 819. The lowest BCUT2D eigenvalue weighted by atomic mass is 10.1. The third-order valence-electron chi connectivity index (χ3n) is 3.69. The first-order chi connectivity index (χ1) is 11.4. The third-order valence-corrected chi connectivity index (χ3v) is 4.67. The Morgan fingerprint density at radius 3 is 2.68 bits per heavy atom. The second-order valence-electron chi connectivity index (χ2n) is 5.88. The second-order valence-corrected chi connectivity index (χ2v) is 8.14. The van der Waals surface area contributed by atoms with Gasteiger partial charge in [-0.1, -0.05) is 24.3 Å². The lowest BCUT2D eigenvalue weighted by Gasteiger charge is -2.18. The standard InChI is InChI=1S/C17H24N4O2S.HI/c1-13(9-11-24(3,22)23)21-17(18-2)20-12-15-7-4-6-14-8-5-10-19-16(14)15;/h4-8,10,13H,9,11-12H2,1-3H3,(H2,18,20,21);1H. The predicted molar refractivity (Wildman–Crippen MR) is 114 cm³/mol. The monoisotopic (exact) mass is 476 g/mol. The molecule has 25 heavy (non-hydrogen) atoms. The van der Waals surface area contributed by atoms with Crippen LogP contribution in [-0.4, -0.2) is 44.5 Å². The molecule has 2 aromatic rings. The van der Waals surface area contributed by atoms with E-state index in [2.05, 4.69) is 20.6 Å². The van der Waals surface area contributed by atoms with Gasteiger partial charge in [0.05, 0.1) is 11.3 Å². The number of hydrogen-bond donors (Lipinski definition) is 2. The summed E-state index contributed by atoms with van der Waals surface area (Å²) in [5, 5.41) is 7.57. The van der Waals surface area contributed by atoms with Gasteiger partial charge in [-0.2, -0.15) is 0 Å². The van der Waals surface area contributed by atoms with Crippen LogP contribution in [0.2, 0.25) is 0 Å². The topological polar surface area (TPSA) is 83.4 Å². The molecule has 0 spiro atoms. The average molecular weight is 476 g/mol. The molecule has 8 heteroatoms. The van der Waals surface area contributed by atoms with E-state index in [1.807, 2.05) is 37.3 Å². The van der Waals surface area contributed by atoms with Crippen molar-refractivity contribution in [2.24, 2.45) is 4.99 Å². The maximum atomic E-state index is 11.2. The van der Waals surface area contributed by atoms with Gasteiger partial charge in [-0.15, -0.1) is 24.0 Å². The van der Waals surface area contributed by atoms with Crippen molar-refractivity contribution in [3.8, 4) is 0 Å². The maximum absolute atomic E-state index is 11.2. The van der Waals surface area contributed by atoms with Crippen molar-refractivity contribution in [1.29, 1.82) is 0 Å². The Balaban J connectivity index is 0.00000312. The smallest absolute Gasteiger partial charge is 0.191 e. The van der Waals surface area contributed by atoms with Crippen molar-refractivity contribution in [3.63, 3.8) is 0 Å². The third kappa shape index (κ3) is 7.15. The first-order valence-electron chi connectivity index (χ1n) is 7.86. The molecule has 1 unspecified atom stereocenters. The van der Waals surface area contributed by atoms with Gasteiger partial charge >= 0.3 is 0 Å². The molecule has 138 valence electrons. The van der Waals surface area contributed by atoms with Crippen molar-refractivity contribution < 1.29 is 8.42 Å². The summed E-state index contributed by atoms with van der Waals surface area (Å²) in [6.45, 7) is 2.53. The van der Waals surface area contributed by atoms with E-state index in [0.717, 1.165) is 16.5 Å². The molecule has 1 aromatic heterocycles. The van der Waals surface area contributed by atoms with Crippen molar-refractivity contribution in [2.75, 3.05) is 19.1 Å². The van der Waals surface area contributed by atoms with E-state index in [1.54, 1.807) is 13.2 Å². The van der Waals surface area contributed by atoms with Crippen LogP contribution in [0.15, 0.2) is 41.5 Å². The van der Waals surface area contributed by atoms with E-state index in [0.29, 0.717) is 18.9 Å². The molecule has 2 rings (SSSR count). The van der Waals surface area contributed by atoms with Gasteiger partial charge in [0.2, 0.25) is 0 Å². The maximum Gasteiger partial charge on any atom is 0.191 e. The lowest BCUT2D eigenvalue weighted by molar-refractivity contribution is 0.581. The van der Waals surface area contributed by atoms with Crippen LogP contribution in [0.3, 0.4) is 0 Å². The molecule has 0 saturated heterocycles. The summed E-state index contributed by atoms with van der Waals surface area (Å²) in [4.78, 5) is 8.63. The number of aliphatic imine (C=N–C) groups is 1. The van der Waals surface area contributed by atoms with Gasteiger partial charge in [0.15, 0.2) is 5.96 Å². The van der Waals surface area contributed by atoms with Gasteiger partial charge in [-0.25, -0.2) is 8.42 Å². The summed E-state index contributed by atoms with van der Waals surface area (Å²) in [7, 11) is -1.26. The van der Waals surface area contributed by atoms with Gasteiger partial charge in [-0.3, -0.25) is 9.98 Å². The highest BCUT2D eigenvalue weighted by Gasteiger charge is 2.10. The minimum Gasteiger partial charge on any atom is -0.354 e. The molecule has 0 bridgehead atoms. The molecule has 6 nitrogen and oxygen atoms in total. The average Bonchev–Trinajstić information content (AvgIpc) is 2.56. The molecule has 0 fully saturated rings. The quantitative estimate of drug-likeness (QED) is 0.380. The van der Waals surface area contributed by atoms with Crippen LogP contribution in [0, 0.1) is 0 Å². The van der Waals surface area contributed by atoms with Crippen LogP contribution in [0.1, 0.15) is 18.9 Å². The SMILES string of the molecule is CN=C(NCc1cccc2cccnc12)NC(C)CCS(C)(=O)=O.I. The van der Waals surface area contributed by atoms with Gasteiger partial charge in [-0.05, 0) is 25.0 Å². The fraction of sp³-hybridized carbons (Fsp3) is 0.412. The summed E-state index contributed by atoms with van der Waals surface area (Å²) in [5.41, 5.74) is 2.05. The Morgan fingerprint density at radius 2 is 2.00 bits per heavy atom. The van der Waals surface area contributed by atoms with Crippen molar-refractivity contribution in [2.45, 2.75) is 25.9 Å². The molecule has 1 atom stereocenters. The Kier molecular flexibility index (Phi) is 8.57. The van der Waals surface area contributed by atoms with Crippen molar-refractivity contribution >= 4 is 50.7 Å². The summed E-state index contributed by atoms with van der Waals surface area (Å²) < 4.78 is 22.5. The number of pyridine rings is 1. The summed E-state index contributed by atoms with van der Waals surface area (Å²) >= 11 is 0. The number of sulfone groups is 1. The normalized spacial score (nSPS) is 13.2. The molecule has 0 aliphatic carbocycles. The number of guanidine groups is 1. The zero-order chi connectivity index (χ0) is 17.6. The highest BCUT2D eigenvalue weighted by atomic mass is 127. The van der Waals surface area contributed by atoms with Gasteiger partial charge in [0.25, 0.3) is 0 Å². The number of nitrogens with zero attached hydrogens (tertiary/aromatic N) is 2. The minimum atomic E-state index is -2.95. The Labute approximate surface area is 166 Å². The van der Waals surface area contributed by atoms with Crippen LogP contribution in [0.25, 0.3) is 10.9 Å².